The van der Waals surface area contributed by atoms with Crippen molar-refractivity contribution in [2.45, 2.75) is 12.1 Å². The maximum absolute atomic E-state index is 11.4. The summed E-state index contributed by atoms with van der Waals surface area (Å²) in [6, 6.07) is 3.12. The highest BCUT2D eigenvalue weighted by molar-refractivity contribution is 9.10. The number of hydrogen-bond donors (Lipinski definition) is 3. The number of carboxylic acids is 1. The first kappa shape index (κ1) is 16.4. The number of hydrogen-bond acceptors (Lipinski definition) is 6. The van der Waals surface area contributed by atoms with Crippen molar-refractivity contribution in [2.75, 3.05) is 7.11 Å². The molecule has 0 saturated carbocycles. The Kier molecular flexibility index (Phi) is 5.09. The molecule has 1 aromatic carbocycles. The summed E-state index contributed by atoms with van der Waals surface area (Å²) in [5, 5.41) is 25.9. The number of aromatic amines is 1. The SMILES string of the molecule is COc1cc(/C=C(\Sc2n[nH]c(C)n2)C(=O)O)cc(Br)c1O. The van der Waals surface area contributed by atoms with Crippen LogP contribution in [0.1, 0.15) is 11.4 Å². The lowest BCUT2D eigenvalue weighted by molar-refractivity contribution is -0.131. The van der Waals surface area contributed by atoms with Crippen LogP contribution in [-0.2, 0) is 4.79 Å². The summed E-state index contributed by atoms with van der Waals surface area (Å²) in [4.78, 5) is 15.5. The Labute approximate surface area is 138 Å². The smallest absolute Gasteiger partial charge is 0.342 e. The zero-order valence-electron chi connectivity index (χ0n) is 11.6. The molecule has 2 rings (SSSR count). The van der Waals surface area contributed by atoms with Crippen molar-refractivity contribution in [3.63, 3.8) is 0 Å². The normalized spacial score (nSPS) is 11.5. The van der Waals surface area contributed by atoms with E-state index in [0.717, 1.165) is 11.8 Å². The summed E-state index contributed by atoms with van der Waals surface area (Å²) >= 11 is 4.12. The Morgan fingerprint density at radius 1 is 1.50 bits per heavy atom. The number of thioether (sulfide) groups is 1. The molecule has 3 N–H and O–H groups in total. The molecule has 9 heteroatoms. The van der Waals surface area contributed by atoms with Crippen LogP contribution in [0, 0.1) is 6.92 Å². The molecule has 2 aromatic rings. The van der Waals surface area contributed by atoms with Crippen LogP contribution in [-0.4, -0.2) is 38.5 Å². The van der Waals surface area contributed by atoms with Gasteiger partial charge in [0.25, 0.3) is 0 Å². The van der Waals surface area contributed by atoms with Crippen LogP contribution in [0.15, 0.2) is 26.7 Å². The van der Waals surface area contributed by atoms with Gasteiger partial charge in [0.15, 0.2) is 11.5 Å². The number of aromatic nitrogens is 3. The number of H-pyrrole nitrogens is 1. The van der Waals surface area contributed by atoms with Crippen LogP contribution in [0.4, 0.5) is 0 Å². The molecule has 1 aromatic heterocycles. The number of nitrogens with zero attached hydrogens (tertiary/aromatic N) is 2. The van der Waals surface area contributed by atoms with Crippen LogP contribution < -0.4 is 4.74 Å². The molecule has 1 heterocycles. The van der Waals surface area contributed by atoms with E-state index in [9.17, 15) is 15.0 Å². The predicted octanol–water partition coefficient (Wildman–Crippen LogP) is 2.81. The van der Waals surface area contributed by atoms with Crippen molar-refractivity contribution in [3.05, 3.63) is 32.9 Å². The first-order valence-corrected chi connectivity index (χ1v) is 7.60. The quantitative estimate of drug-likeness (QED) is 0.536. The molecule has 0 aliphatic heterocycles. The first-order valence-electron chi connectivity index (χ1n) is 5.99. The van der Waals surface area contributed by atoms with E-state index in [1.165, 1.54) is 19.3 Å². The van der Waals surface area contributed by atoms with E-state index >= 15 is 0 Å². The summed E-state index contributed by atoms with van der Waals surface area (Å²) in [6.07, 6.45) is 1.45. The topological polar surface area (TPSA) is 108 Å². The Bertz CT molecular complexity index is 745. The molecule has 0 saturated heterocycles. The van der Waals surface area contributed by atoms with Crippen molar-refractivity contribution in [1.82, 2.24) is 15.2 Å². The lowest BCUT2D eigenvalue weighted by Gasteiger charge is -2.07. The van der Waals surface area contributed by atoms with Gasteiger partial charge in [0.2, 0.25) is 5.16 Å². The zero-order valence-corrected chi connectivity index (χ0v) is 14.0. The van der Waals surface area contributed by atoms with Crippen molar-refractivity contribution >= 4 is 39.7 Å². The van der Waals surface area contributed by atoms with Crippen LogP contribution in [0.2, 0.25) is 0 Å². The molecule has 22 heavy (non-hydrogen) atoms. The van der Waals surface area contributed by atoms with E-state index < -0.39 is 5.97 Å². The molecule has 0 amide bonds. The third kappa shape index (κ3) is 3.80. The number of aryl methyl sites for hydroxylation is 1. The largest absolute Gasteiger partial charge is 0.503 e. The van der Waals surface area contributed by atoms with E-state index in [2.05, 4.69) is 31.1 Å². The lowest BCUT2D eigenvalue weighted by Crippen LogP contribution is -1.97. The fraction of sp³-hybridized carbons (Fsp3) is 0.154. The second kappa shape index (κ2) is 6.84. The minimum atomic E-state index is -1.10. The Hall–Kier alpha value is -2.00. The molecule has 0 atom stereocenters. The van der Waals surface area contributed by atoms with Gasteiger partial charge in [-0.3, -0.25) is 5.10 Å². The predicted molar refractivity (Wildman–Crippen MR) is 84.9 cm³/mol. The highest BCUT2D eigenvalue weighted by Crippen LogP contribution is 2.36. The monoisotopic (exact) mass is 385 g/mol. The van der Waals surface area contributed by atoms with Crippen LogP contribution in [0.5, 0.6) is 11.5 Å². The lowest BCUT2D eigenvalue weighted by atomic mass is 10.2. The highest BCUT2D eigenvalue weighted by Gasteiger charge is 2.14. The summed E-state index contributed by atoms with van der Waals surface area (Å²) < 4.78 is 5.44. The van der Waals surface area contributed by atoms with Crippen molar-refractivity contribution in [2.24, 2.45) is 0 Å². The number of halogens is 1. The highest BCUT2D eigenvalue weighted by atomic mass is 79.9. The van der Waals surface area contributed by atoms with Gasteiger partial charge in [0.05, 0.1) is 11.6 Å². The maximum Gasteiger partial charge on any atom is 0.342 e. The Balaban J connectivity index is 2.38. The number of nitrogens with one attached hydrogen (secondary N) is 1. The average molecular weight is 386 g/mol. The third-order valence-corrected chi connectivity index (χ3v) is 4.04. The van der Waals surface area contributed by atoms with Crippen molar-refractivity contribution in [3.8, 4) is 11.5 Å². The maximum atomic E-state index is 11.4. The van der Waals surface area contributed by atoms with Gasteiger partial charge in [0, 0.05) is 0 Å². The molecule has 116 valence electrons. The number of phenolic OH excluding ortho intramolecular Hbond substituents is 1. The van der Waals surface area contributed by atoms with E-state index in [0.29, 0.717) is 21.0 Å². The summed E-state index contributed by atoms with van der Waals surface area (Å²) in [6.45, 7) is 1.73. The number of aliphatic carboxylic acids is 1. The van der Waals surface area contributed by atoms with Crippen molar-refractivity contribution < 1.29 is 19.7 Å². The molecule has 0 spiro atoms. The molecular formula is C13H12BrN3O4S. The average Bonchev–Trinajstić information content (AvgIpc) is 2.87. The Morgan fingerprint density at radius 3 is 2.77 bits per heavy atom. The molecule has 0 bridgehead atoms. The van der Waals surface area contributed by atoms with Crippen LogP contribution in [0.25, 0.3) is 6.08 Å². The molecule has 0 aliphatic rings. The number of ether oxygens (including phenoxy) is 1. The van der Waals surface area contributed by atoms with Gasteiger partial charge in [0.1, 0.15) is 10.7 Å². The molecule has 0 fully saturated rings. The molecule has 7 nitrogen and oxygen atoms in total. The van der Waals surface area contributed by atoms with E-state index in [4.69, 9.17) is 4.74 Å². The minimum Gasteiger partial charge on any atom is -0.503 e. The Morgan fingerprint density at radius 2 is 2.23 bits per heavy atom. The molecule has 0 aliphatic carbocycles. The number of aromatic hydroxyl groups is 1. The van der Waals surface area contributed by atoms with Gasteiger partial charge in [-0.1, -0.05) is 0 Å². The summed E-state index contributed by atoms with van der Waals surface area (Å²) in [5.41, 5.74) is 0.554. The zero-order chi connectivity index (χ0) is 16.3. The minimum absolute atomic E-state index is 0.0404. The first-order chi connectivity index (χ1) is 10.4. The van der Waals surface area contributed by atoms with E-state index in [-0.39, 0.29) is 16.4 Å². The van der Waals surface area contributed by atoms with Gasteiger partial charge < -0.3 is 14.9 Å². The third-order valence-electron chi connectivity index (χ3n) is 2.56. The fourth-order valence-corrected chi connectivity index (χ4v) is 2.80. The summed E-state index contributed by atoms with van der Waals surface area (Å²) in [7, 11) is 1.41. The van der Waals surface area contributed by atoms with Gasteiger partial charge >= 0.3 is 5.97 Å². The van der Waals surface area contributed by atoms with Gasteiger partial charge in [-0.25, -0.2) is 9.78 Å². The van der Waals surface area contributed by atoms with Crippen LogP contribution >= 0.6 is 27.7 Å². The number of carbonyl (C=O) groups is 1. The van der Waals surface area contributed by atoms with E-state index in [1.54, 1.807) is 13.0 Å². The number of methoxy groups -OCH3 is 1. The molecular weight excluding hydrogens is 374 g/mol. The van der Waals surface area contributed by atoms with E-state index in [1.807, 2.05) is 0 Å². The van der Waals surface area contributed by atoms with Crippen molar-refractivity contribution in [1.29, 1.82) is 0 Å². The number of benzene rings is 1. The second-order valence-electron chi connectivity index (χ2n) is 4.17. The van der Waals surface area contributed by atoms with Gasteiger partial charge in [-0.05, 0) is 58.4 Å². The van der Waals surface area contributed by atoms with Gasteiger partial charge in [-0.15, -0.1) is 5.10 Å². The van der Waals surface area contributed by atoms with Gasteiger partial charge in [-0.2, -0.15) is 0 Å². The number of phenols is 1. The summed E-state index contributed by atoms with van der Waals surface area (Å²) in [5.74, 6) is -0.310. The second-order valence-corrected chi connectivity index (χ2v) is 6.04. The number of rotatable bonds is 5. The molecule has 0 unspecified atom stereocenters. The standard InChI is InChI=1S/C13H12BrN3O4S/c1-6-15-13(17-16-6)22-10(12(19)20)5-7-3-8(14)11(18)9(4-7)21-2/h3-5,18H,1-2H3,(H,19,20)(H,15,16,17)/b10-5-. The fourth-order valence-electron chi connectivity index (χ4n) is 1.59. The number of carboxylic acid groups (broad SMARTS) is 1. The van der Waals surface area contributed by atoms with Crippen LogP contribution in [0.3, 0.4) is 0 Å². The molecule has 0 radical (unpaired) electrons.